The van der Waals surface area contributed by atoms with Crippen molar-refractivity contribution >= 4 is 0 Å². The smallest absolute Gasteiger partial charge is 0.120 e. The number of aliphatic hydroxyl groups is 1. The molecule has 0 unspecified atom stereocenters. The Hall–Kier alpha value is -1.26. The summed E-state index contributed by atoms with van der Waals surface area (Å²) in [5.74, 6) is 5.67. The van der Waals surface area contributed by atoms with Gasteiger partial charge in [-0.05, 0) is 32.9 Å². The second kappa shape index (κ2) is 3.64. The first-order valence-corrected chi connectivity index (χ1v) is 4.29. The molecule has 0 saturated heterocycles. The van der Waals surface area contributed by atoms with E-state index in [1.807, 2.05) is 31.2 Å². The van der Waals surface area contributed by atoms with E-state index in [1.54, 1.807) is 13.8 Å². The van der Waals surface area contributed by atoms with Crippen LogP contribution in [-0.2, 0) is 0 Å². The van der Waals surface area contributed by atoms with Crippen LogP contribution in [0.1, 0.15) is 25.0 Å². The lowest BCUT2D eigenvalue weighted by molar-refractivity contribution is 0.143. The molecular weight excluding hydrogens is 160 g/mol. The Labute approximate surface area is 79.4 Å². The van der Waals surface area contributed by atoms with Gasteiger partial charge in [-0.1, -0.05) is 29.5 Å². The first-order chi connectivity index (χ1) is 5.97. The van der Waals surface area contributed by atoms with E-state index in [4.69, 9.17) is 0 Å². The minimum atomic E-state index is -0.912. The van der Waals surface area contributed by atoms with Crippen LogP contribution in [0, 0.1) is 18.8 Å². The summed E-state index contributed by atoms with van der Waals surface area (Å²) in [5.41, 5.74) is 1.24. The van der Waals surface area contributed by atoms with E-state index in [9.17, 15) is 5.11 Å². The maximum absolute atomic E-state index is 9.36. The molecule has 0 aliphatic carbocycles. The third kappa shape index (κ3) is 3.78. The van der Waals surface area contributed by atoms with Gasteiger partial charge in [-0.25, -0.2) is 0 Å². The van der Waals surface area contributed by atoms with Gasteiger partial charge < -0.3 is 5.11 Å². The summed E-state index contributed by atoms with van der Waals surface area (Å²) in [6, 6.07) is 7.92. The van der Waals surface area contributed by atoms with E-state index >= 15 is 0 Å². The average Bonchev–Trinajstić information content (AvgIpc) is 2.02. The Bertz CT molecular complexity index is 330. The summed E-state index contributed by atoms with van der Waals surface area (Å²) >= 11 is 0. The minimum absolute atomic E-state index is 0.912. The second-order valence-electron chi connectivity index (χ2n) is 3.68. The van der Waals surface area contributed by atoms with Gasteiger partial charge in [0.1, 0.15) is 5.60 Å². The maximum Gasteiger partial charge on any atom is 0.120 e. The zero-order chi connectivity index (χ0) is 9.90. The lowest BCUT2D eigenvalue weighted by atomic mass is 10.1. The van der Waals surface area contributed by atoms with Crippen molar-refractivity contribution in [2.45, 2.75) is 26.4 Å². The Balaban J connectivity index is 2.85. The number of aryl methyl sites for hydroxylation is 1. The fraction of sp³-hybridized carbons (Fsp3) is 0.333. The standard InChI is InChI=1S/C12H14O/c1-10-4-6-11(7-5-10)8-9-12(2,3)13/h4-7,13H,1-3H3. The van der Waals surface area contributed by atoms with Crippen molar-refractivity contribution in [3.8, 4) is 11.8 Å². The Morgan fingerprint density at radius 3 is 2.15 bits per heavy atom. The molecule has 1 heteroatoms. The van der Waals surface area contributed by atoms with Crippen LogP contribution in [0.4, 0.5) is 0 Å². The molecule has 0 radical (unpaired) electrons. The molecule has 0 amide bonds. The molecule has 0 aliphatic heterocycles. The highest BCUT2D eigenvalue weighted by molar-refractivity contribution is 5.37. The molecule has 1 aromatic carbocycles. The third-order valence-electron chi connectivity index (χ3n) is 1.56. The van der Waals surface area contributed by atoms with Crippen LogP contribution in [0.25, 0.3) is 0 Å². The third-order valence-corrected chi connectivity index (χ3v) is 1.56. The van der Waals surface area contributed by atoms with E-state index in [-0.39, 0.29) is 0 Å². The summed E-state index contributed by atoms with van der Waals surface area (Å²) in [7, 11) is 0. The van der Waals surface area contributed by atoms with Crippen molar-refractivity contribution in [2.75, 3.05) is 0 Å². The van der Waals surface area contributed by atoms with Crippen LogP contribution in [0.5, 0.6) is 0 Å². The summed E-state index contributed by atoms with van der Waals surface area (Å²) in [4.78, 5) is 0. The van der Waals surface area contributed by atoms with Crippen LogP contribution in [0.3, 0.4) is 0 Å². The van der Waals surface area contributed by atoms with Crippen molar-refractivity contribution in [3.05, 3.63) is 35.4 Å². The fourth-order valence-electron chi connectivity index (χ4n) is 0.862. The molecule has 1 rings (SSSR count). The monoisotopic (exact) mass is 174 g/mol. The van der Waals surface area contributed by atoms with Crippen LogP contribution in [0.2, 0.25) is 0 Å². The molecule has 0 bridgehead atoms. The highest BCUT2D eigenvalue weighted by Gasteiger charge is 2.05. The summed E-state index contributed by atoms with van der Waals surface area (Å²) in [5, 5.41) is 9.36. The normalized spacial score (nSPS) is 10.5. The minimum Gasteiger partial charge on any atom is -0.378 e. The van der Waals surface area contributed by atoms with Crippen molar-refractivity contribution in [3.63, 3.8) is 0 Å². The molecule has 0 fully saturated rings. The first kappa shape index (κ1) is 9.83. The van der Waals surface area contributed by atoms with Crippen LogP contribution < -0.4 is 0 Å². The number of rotatable bonds is 0. The Kier molecular flexibility index (Phi) is 2.75. The highest BCUT2D eigenvalue weighted by Crippen LogP contribution is 2.03. The Morgan fingerprint density at radius 1 is 1.15 bits per heavy atom. The van der Waals surface area contributed by atoms with Crippen LogP contribution >= 0.6 is 0 Å². The number of hydrogen-bond acceptors (Lipinski definition) is 1. The van der Waals surface area contributed by atoms with Gasteiger partial charge in [0.05, 0.1) is 0 Å². The van der Waals surface area contributed by atoms with Crippen molar-refractivity contribution in [1.29, 1.82) is 0 Å². The summed E-state index contributed by atoms with van der Waals surface area (Å²) in [6.45, 7) is 5.38. The van der Waals surface area contributed by atoms with Gasteiger partial charge in [0.25, 0.3) is 0 Å². The predicted octanol–water partition coefficient (Wildman–Crippen LogP) is 2.12. The van der Waals surface area contributed by atoms with Crippen molar-refractivity contribution in [1.82, 2.24) is 0 Å². The molecule has 1 N–H and O–H groups in total. The molecule has 0 heterocycles. The van der Waals surface area contributed by atoms with Crippen molar-refractivity contribution < 1.29 is 5.11 Å². The Morgan fingerprint density at radius 2 is 1.69 bits per heavy atom. The van der Waals surface area contributed by atoms with E-state index in [1.165, 1.54) is 5.56 Å². The molecule has 0 aromatic heterocycles. The van der Waals surface area contributed by atoms with Gasteiger partial charge in [0.15, 0.2) is 0 Å². The molecule has 0 saturated carbocycles. The molecule has 1 nitrogen and oxygen atoms in total. The van der Waals surface area contributed by atoms with Gasteiger partial charge in [-0.3, -0.25) is 0 Å². The van der Waals surface area contributed by atoms with E-state index in [0.717, 1.165) is 5.56 Å². The van der Waals surface area contributed by atoms with Gasteiger partial charge in [-0.15, -0.1) is 0 Å². The average molecular weight is 174 g/mol. The predicted molar refractivity (Wildman–Crippen MR) is 54.4 cm³/mol. The molecule has 1 aromatic rings. The zero-order valence-electron chi connectivity index (χ0n) is 8.26. The molecule has 13 heavy (non-hydrogen) atoms. The van der Waals surface area contributed by atoms with E-state index < -0.39 is 5.60 Å². The maximum atomic E-state index is 9.36. The number of benzene rings is 1. The molecular formula is C12H14O. The van der Waals surface area contributed by atoms with Crippen LogP contribution in [0.15, 0.2) is 24.3 Å². The largest absolute Gasteiger partial charge is 0.378 e. The molecule has 0 spiro atoms. The van der Waals surface area contributed by atoms with Gasteiger partial charge in [0.2, 0.25) is 0 Å². The quantitative estimate of drug-likeness (QED) is 0.597. The molecule has 68 valence electrons. The molecule has 0 aliphatic rings. The zero-order valence-corrected chi connectivity index (χ0v) is 8.26. The summed E-state index contributed by atoms with van der Waals surface area (Å²) in [6.07, 6.45) is 0. The van der Waals surface area contributed by atoms with E-state index in [2.05, 4.69) is 11.8 Å². The lowest BCUT2D eigenvalue weighted by Crippen LogP contribution is -2.14. The number of hydrogen-bond donors (Lipinski definition) is 1. The van der Waals surface area contributed by atoms with E-state index in [0.29, 0.717) is 0 Å². The van der Waals surface area contributed by atoms with Crippen LogP contribution in [-0.4, -0.2) is 10.7 Å². The second-order valence-corrected chi connectivity index (χ2v) is 3.68. The van der Waals surface area contributed by atoms with Crippen molar-refractivity contribution in [2.24, 2.45) is 0 Å². The highest BCUT2D eigenvalue weighted by atomic mass is 16.3. The topological polar surface area (TPSA) is 20.2 Å². The molecule has 0 atom stereocenters. The van der Waals surface area contributed by atoms with Gasteiger partial charge in [-0.2, -0.15) is 0 Å². The SMILES string of the molecule is Cc1ccc(C#CC(C)(C)O)cc1. The summed E-state index contributed by atoms with van der Waals surface area (Å²) < 4.78 is 0. The lowest BCUT2D eigenvalue weighted by Gasteiger charge is -2.05. The first-order valence-electron chi connectivity index (χ1n) is 4.29. The fourth-order valence-corrected chi connectivity index (χ4v) is 0.862. The van der Waals surface area contributed by atoms with Gasteiger partial charge >= 0.3 is 0 Å². The van der Waals surface area contributed by atoms with Gasteiger partial charge in [0, 0.05) is 5.56 Å².